The van der Waals surface area contributed by atoms with Crippen LogP contribution in [0.25, 0.3) is 0 Å². The van der Waals surface area contributed by atoms with Crippen molar-refractivity contribution in [2.75, 3.05) is 12.4 Å². The van der Waals surface area contributed by atoms with Crippen LogP contribution < -0.4 is 10.1 Å². The summed E-state index contributed by atoms with van der Waals surface area (Å²) in [6.45, 7) is 0. The Balaban J connectivity index is 2.19. The highest BCUT2D eigenvalue weighted by molar-refractivity contribution is 7.16. The summed E-state index contributed by atoms with van der Waals surface area (Å²) in [5.74, 6) is -0.133. The van der Waals surface area contributed by atoms with Crippen molar-refractivity contribution in [1.29, 1.82) is 5.26 Å². The first-order chi connectivity index (χ1) is 8.74. The summed E-state index contributed by atoms with van der Waals surface area (Å²) in [5, 5.41) is 11.6. The molecule has 0 aromatic carbocycles. The summed E-state index contributed by atoms with van der Waals surface area (Å²) in [6.07, 6.45) is 2.94. The Labute approximate surface area is 107 Å². The summed E-state index contributed by atoms with van der Waals surface area (Å²) in [5.41, 5.74) is 0.314. The third-order valence-electron chi connectivity index (χ3n) is 2.05. The van der Waals surface area contributed by atoms with Gasteiger partial charge in [-0.25, -0.2) is 9.97 Å². The molecule has 0 bridgehead atoms. The van der Waals surface area contributed by atoms with E-state index in [4.69, 9.17) is 10.00 Å². The number of carbonyl (C=O) groups is 1. The fraction of sp³-hybridized carbons (Fsp3) is 0.0909. The Hall–Kier alpha value is -2.46. The molecule has 1 amide bonds. The van der Waals surface area contributed by atoms with Crippen LogP contribution in [-0.4, -0.2) is 23.0 Å². The number of nitrogens with one attached hydrogen (secondary N) is 1. The van der Waals surface area contributed by atoms with E-state index in [1.165, 1.54) is 19.5 Å². The lowest BCUT2D eigenvalue weighted by atomic mass is 10.2. The van der Waals surface area contributed by atoms with Gasteiger partial charge in [-0.15, -0.1) is 0 Å². The first-order valence-electron chi connectivity index (χ1n) is 4.91. The number of ether oxygens (including phenoxy) is 1. The minimum atomic E-state index is -0.376. The zero-order chi connectivity index (χ0) is 13.0. The van der Waals surface area contributed by atoms with Gasteiger partial charge in [0.15, 0.2) is 5.13 Å². The molecule has 0 fully saturated rings. The summed E-state index contributed by atoms with van der Waals surface area (Å²) in [7, 11) is 1.44. The smallest absolute Gasteiger partial charge is 0.262 e. The van der Waals surface area contributed by atoms with Gasteiger partial charge >= 0.3 is 0 Å². The number of carbonyl (C=O) groups excluding carboxylic acids is 1. The Bertz CT molecular complexity index is 618. The van der Waals surface area contributed by atoms with E-state index < -0.39 is 0 Å². The number of anilines is 1. The van der Waals surface area contributed by atoms with Crippen molar-refractivity contribution in [3.63, 3.8) is 0 Å². The van der Waals surface area contributed by atoms with Gasteiger partial charge in [-0.2, -0.15) is 5.26 Å². The number of thiazole rings is 1. The Morgan fingerprint density at radius 2 is 2.39 bits per heavy atom. The van der Waals surface area contributed by atoms with Gasteiger partial charge in [0.05, 0.1) is 13.3 Å². The van der Waals surface area contributed by atoms with Crippen LogP contribution in [0.1, 0.15) is 15.2 Å². The SMILES string of the molecule is COc1ncccc1C(=O)Nc1ncc(C#N)s1. The van der Waals surface area contributed by atoms with Crippen molar-refractivity contribution in [3.05, 3.63) is 35.0 Å². The molecule has 0 saturated heterocycles. The summed E-state index contributed by atoms with van der Waals surface area (Å²) in [6, 6.07) is 5.19. The van der Waals surface area contributed by atoms with Gasteiger partial charge in [0.2, 0.25) is 5.88 Å². The lowest BCUT2D eigenvalue weighted by molar-refractivity contribution is 0.102. The molecule has 0 spiro atoms. The van der Waals surface area contributed by atoms with E-state index in [0.29, 0.717) is 15.6 Å². The topological polar surface area (TPSA) is 87.9 Å². The molecule has 0 radical (unpaired) electrons. The second-order valence-electron chi connectivity index (χ2n) is 3.16. The van der Waals surface area contributed by atoms with Gasteiger partial charge in [-0.3, -0.25) is 10.1 Å². The molecule has 0 aliphatic rings. The third kappa shape index (κ3) is 2.44. The number of hydrogen-bond acceptors (Lipinski definition) is 6. The van der Waals surface area contributed by atoms with Crippen LogP contribution in [-0.2, 0) is 0 Å². The van der Waals surface area contributed by atoms with Gasteiger partial charge in [-0.1, -0.05) is 11.3 Å². The average molecular weight is 260 g/mol. The molecule has 2 aromatic rings. The number of aromatic nitrogens is 2. The number of nitrogens with zero attached hydrogens (tertiary/aromatic N) is 3. The van der Waals surface area contributed by atoms with E-state index in [0.717, 1.165) is 11.3 Å². The van der Waals surface area contributed by atoms with Crippen LogP contribution in [0.3, 0.4) is 0 Å². The molecule has 0 unspecified atom stereocenters. The van der Waals surface area contributed by atoms with Gasteiger partial charge in [0, 0.05) is 6.20 Å². The molecule has 7 heteroatoms. The zero-order valence-electron chi connectivity index (χ0n) is 9.38. The predicted octanol–water partition coefficient (Wildman–Crippen LogP) is 1.67. The summed E-state index contributed by atoms with van der Waals surface area (Å²) >= 11 is 1.10. The molecule has 2 rings (SSSR count). The summed E-state index contributed by atoms with van der Waals surface area (Å²) in [4.78, 5) is 20.2. The molecule has 18 heavy (non-hydrogen) atoms. The molecule has 0 aliphatic carbocycles. The maximum absolute atomic E-state index is 11.9. The van der Waals surface area contributed by atoms with Crippen LogP contribution in [0.5, 0.6) is 5.88 Å². The number of pyridine rings is 1. The van der Waals surface area contributed by atoms with E-state index in [9.17, 15) is 4.79 Å². The van der Waals surface area contributed by atoms with Crippen LogP contribution in [0, 0.1) is 11.3 Å². The fourth-order valence-electron chi connectivity index (χ4n) is 1.27. The largest absolute Gasteiger partial charge is 0.480 e. The molecule has 0 atom stereocenters. The molecular formula is C11H8N4O2S. The number of hydrogen-bond donors (Lipinski definition) is 1. The molecule has 1 N–H and O–H groups in total. The highest BCUT2D eigenvalue weighted by atomic mass is 32.1. The second kappa shape index (κ2) is 5.25. The predicted molar refractivity (Wildman–Crippen MR) is 65.6 cm³/mol. The zero-order valence-corrected chi connectivity index (χ0v) is 10.2. The first-order valence-corrected chi connectivity index (χ1v) is 5.72. The third-order valence-corrected chi connectivity index (χ3v) is 2.86. The van der Waals surface area contributed by atoms with E-state index in [2.05, 4.69) is 15.3 Å². The molecule has 90 valence electrons. The van der Waals surface area contributed by atoms with E-state index in [-0.39, 0.29) is 11.8 Å². The van der Waals surface area contributed by atoms with E-state index >= 15 is 0 Å². The number of amides is 1. The molecule has 2 aromatic heterocycles. The van der Waals surface area contributed by atoms with Gasteiger partial charge in [0.1, 0.15) is 16.5 Å². The quantitative estimate of drug-likeness (QED) is 0.906. The lowest BCUT2D eigenvalue weighted by Gasteiger charge is -2.05. The standard InChI is InChI=1S/C11H8N4O2S/c1-17-10-8(3-2-4-13-10)9(16)15-11-14-6-7(5-12)18-11/h2-4,6H,1H3,(H,14,15,16). The minimum absolute atomic E-state index is 0.243. The lowest BCUT2D eigenvalue weighted by Crippen LogP contribution is -2.13. The van der Waals surface area contributed by atoms with Crippen LogP contribution in [0.2, 0.25) is 0 Å². The van der Waals surface area contributed by atoms with Gasteiger partial charge in [-0.05, 0) is 12.1 Å². The van der Waals surface area contributed by atoms with Crippen molar-refractivity contribution in [2.24, 2.45) is 0 Å². The van der Waals surface area contributed by atoms with Crippen LogP contribution in [0.15, 0.2) is 24.5 Å². The van der Waals surface area contributed by atoms with Gasteiger partial charge < -0.3 is 4.74 Å². The second-order valence-corrected chi connectivity index (χ2v) is 4.19. The molecule has 0 aliphatic heterocycles. The van der Waals surface area contributed by atoms with Crippen molar-refractivity contribution >= 4 is 22.4 Å². The normalized spacial score (nSPS) is 9.56. The highest BCUT2D eigenvalue weighted by Gasteiger charge is 2.14. The van der Waals surface area contributed by atoms with Crippen LogP contribution in [0.4, 0.5) is 5.13 Å². The van der Waals surface area contributed by atoms with Crippen molar-refractivity contribution in [1.82, 2.24) is 9.97 Å². The first kappa shape index (κ1) is 12.0. The minimum Gasteiger partial charge on any atom is -0.480 e. The van der Waals surface area contributed by atoms with Gasteiger partial charge in [0.25, 0.3) is 5.91 Å². The molecular weight excluding hydrogens is 252 g/mol. The molecule has 6 nitrogen and oxygen atoms in total. The monoisotopic (exact) mass is 260 g/mol. The van der Waals surface area contributed by atoms with Crippen molar-refractivity contribution < 1.29 is 9.53 Å². The average Bonchev–Trinajstić information content (AvgIpc) is 2.86. The maximum Gasteiger partial charge on any atom is 0.262 e. The highest BCUT2D eigenvalue weighted by Crippen LogP contribution is 2.20. The molecule has 0 saturated carbocycles. The van der Waals surface area contributed by atoms with Crippen molar-refractivity contribution in [2.45, 2.75) is 0 Å². The van der Waals surface area contributed by atoms with Crippen LogP contribution >= 0.6 is 11.3 Å². The van der Waals surface area contributed by atoms with E-state index in [1.54, 1.807) is 12.1 Å². The number of methoxy groups -OCH3 is 1. The van der Waals surface area contributed by atoms with E-state index in [1.807, 2.05) is 6.07 Å². The number of nitriles is 1. The fourth-order valence-corrected chi connectivity index (χ4v) is 1.88. The van der Waals surface area contributed by atoms with Crippen molar-refractivity contribution in [3.8, 4) is 11.9 Å². The Morgan fingerprint density at radius 3 is 3.06 bits per heavy atom. The molecule has 2 heterocycles. The summed E-state index contributed by atoms with van der Waals surface area (Å²) < 4.78 is 4.99. The Morgan fingerprint density at radius 1 is 1.56 bits per heavy atom. The number of rotatable bonds is 3. The Kier molecular flexibility index (Phi) is 3.50. The maximum atomic E-state index is 11.9.